The van der Waals surface area contributed by atoms with Crippen LogP contribution in [0.1, 0.15) is 37.8 Å². The van der Waals surface area contributed by atoms with Gasteiger partial charge in [0.25, 0.3) is 0 Å². The highest BCUT2D eigenvalue weighted by Gasteiger charge is 2.20. The Kier molecular flexibility index (Phi) is 3.96. The van der Waals surface area contributed by atoms with Gasteiger partial charge in [-0.05, 0) is 18.9 Å². The van der Waals surface area contributed by atoms with E-state index in [1.54, 1.807) is 12.3 Å². The molecule has 0 atom stereocenters. The van der Waals surface area contributed by atoms with Gasteiger partial charge in [0.2, 0.25) is 5.95 Å². The molecule has 0 unspecified atom stereocenters. The molecular weight excluding hydrogens is 230 g/mol. The highest BCUT2D eigenvalue weighted by Crippen LogP contribution is 2.23. The van der Waals surface area contributed by atoms with E-state index in [9.17, 15) is 0 Å². The van der Waals surface area contributed by atoms with Gasteiger partial charge in [0.05, 0.1) is 0 Å². The fourth-order valence-corrected chi connectivity index (χ4v) is 2.34. The first-order valence-corrected chi connectivity index (χ1v) is 6.26. The summed E-state index contributed by atoms with van der Waals surface area (Å²) in [5.41, 5.74) is 5.98. The Hall–Kier alpha value is -1.85. The highest BCUT2D eigenvalue weighted by atomic mass is 16.4. The monoisotopic (exact) mass is 249 g/mol. The van der Waals surface area contributed by atoms with Crippen LogP contribution < -0.4 is 10.6 Å². The molecule has 0 spiro atoms. The third-order valence-corrected chi connectivity index (χ3v) is 3.45. The van der Waals surface area contributed by atoms with Crippen LogP contribution in [0.4, 0.5) is 5.95 Å². The maximum absolute atomic E-state index is 8.66. The molecule has 0 aromatic carbocycles. The topological polar surface area (TPSA) is 87.6 Å². The minimum atomic E-state index is 0.00990. The van der Waals surface area contributed by atoms with Crippen LogP contribution in [0.5, 0.6) is 0 Å². The van der Waals surface area contributed by atoms with Gasteiger partial charge in [-0.1, -0.05) is 24.4 Å². The Morgan fingerprint density at radius 2 is 2.17 bits per heavy atom. The van der Waals surface area contributed by atoms with Crippen molar-refractivity contribution in [2.75, 3.05) is 11.9 Å². The van der Waals surface area contributed by atoms with E-state index < -0.39 is 0 Å². The average Bonchev–Trinajstić information content (AvgIpc) is 2.46. The van der Waals surface area contributed by atoms with Crippen molar-refractivity contribution in [3.05, 3.63) is 18.0 Å². The Balaban J connectivity index is 2.16. The first kappa shape index (κ1) is 12.6. The lowest BCUT2D eigenvalue weighted by Crippen LogP contribution is -2.35. The Morgan fingerprint density at radius 1 is 1.44 bits per heavy atom. The minimum Gasteiger partial charge on any atom is -0.409 e. The van der Waals surface area contributed by atoms with Gasteiger partial charge in [-0.25, -0.2) is 9.97 Å². The van der Waals surface area contributed by atoms with Crippen LogP contribution in [0.15, 0.2) is 17.4 Å². The number of nitrogens with two attached hydrogens (primary N) is 1. The maximum atomic E-state index is 8.66. The van der Waals surface area contributed by atoms with Crippen LogP contribution in [-0.4, -0.2) is 34.1 Å². The van der Waals surface area contributed by atoms with Crippen molar-refractivity contribution < 1.29 is 5.21 Å². The van der Waals surface area contributed by atoms with Crippen molar-refractivity contribution in [3.8, 4) is 0 Å². The molecule has 2 rings (SSSR count). The summed E-state index contributed by atoms with van der Waals surface area (Å²) < 4.78 is 0. The van der Waals surface area contributed by atoms with Gasteiger partial charge < -0.3 is 15.8 Å². The van der Waals surface area contributed by atoms with Gasteiger partial charge in [0.15, 0.2) is 5.84 Å². The quantitative estimate of drug-likeness (QED) is 0.365. The normalized spacial score (nSPS) is 17.7. The first-order valence-electron chi connectivity index (χ1n) is 6.26. The van der Waals surface area contributed by atoms with Crippen LogP contribution in [0.2, 0.25) is 0 Å². The summed E-state index contributed by atoms with van der Waals surface area (Å²) in [7, 11) is 2.00. The average molecular weight is 249 g/mol. The number of aromatic nitrogens is 2. The Bertz CT molecular complexity index is 428. The fraction of sp³-hybridized carbons (Fsp3) is 0.583. The number of anilines is 1. The molecule has 1 heterocycles. The van der Waals surface area contributed by atoms with Crippen molar-refractivity contribution in [1.29, 1.82) is 0 Å². The molecule has 1 aliphatic rings. The predicted octanol–water partition coefficient (Wildman–Crippen LogP) is 1.34. The van der Waals surface area contributed by atoms with Crippen LogP contribution in [0, 0.1) is 0 Å². The molecule has 98 valence electrons. The molecule has 1 saturated carbocycles. The molecule has 6 nitrogen and oxygen atoms in total. The maximum Gasteiger partial charge on any atom is 0.225 e. The molecule has 0 radical (unpaired) electrons. The lowest BCUT2D eigenvalue weighted by molar-refractivity contribution is 0.318. The molecule has 1 fully saturated rings. The van der Waals surface area contributed by atoms with E-state index in [1.807, 2.05) is 7.05 Å². The van der Waals surface area contributed by atoms with Gasteiger partial charge in [-0.15, -0.1) is 0 Å². The lowest BCUT2D eigenvalue weighted by atomic mass is 9.95. The van der Waals surface area contributed by atoms with E-state index in [2.05, 4.69) is 20.0 Å². The largest absolute Gasteiger partial charge is 0.409 e. The molecule has 0 amide bonds. The zero-order valence-corrected chi connectivity index (χ0v) is 10.6. The van der Waals surface area contributed by atoms with Crippen molar-refractivity contribution in [2.45, 2.75) is 38.1 Å². The number of hydrogen-bond acceptors (Lipinski definition) is 5. The van der Waals surface area contributed by atoms with Crippen LogP contribution in [-0.2, 0) is 0 Å². The molecule has 18 heavy (non-hydrogen) atoms. The second-order valence-electron chi connectivity index (χ2n) is 4.63. The third kappa shape index (κ3) is 2.69. The van der Waals surface area contributed by atoms with Gasteiger partial charge in [0.1, 0.15) is 5.69 Å². The van der Waals surface area contributed by atoms with Crippen molar-refractivity contribution in [1.82, 2.24) is 9.97 Å². The molecule has 0 saturated heterocycles. The summed E-state index contributed by atoms with van der Waals surface area (Å²) in [5, 5.41) is 11.6. The Morgan fingerprint density at radius 3 is 2.83 bits per heavy atom. The SMILES string of the molecule is CN(c1nccc(/C(N)=N/O)n1)C1CCCCC1. The standard InChI is InChI=1S/C12H19N5O/c1-17(9-5-3-2-4-6-9)12-14-8-7-10(15-12)11(13)16-18/h7-9,18H,2-6H2,1H3,(H2,13,16). The van der Waals surface area contributed by atoms with Crippen LogP contribution in [0.3, 0.4) is 0 Å². The fourth-order valence-electron chi connectivity index (χ4n) is 2.34. The van der Waals surface area contributed by atoms with Gasteiger partial charge in [-0.2, -0.15) is 0 Å². The zero-order valence-electron chi connectivity index (χ0n) is 10.6. The molecule has 1 aromatic heterocycles. The first-order chi connectivity index (χ1) is 8.72. The number of amidine groups is 1. The second-order valence-corrected chi connectivity index (χ2v) is 4.63. The molecular formula is C12H19N5O. The summed E-state index contributed by atoms with van der Waals surface area (Å²) in [5.74, 6) is 0.640. The minimum absolute atomic E-state index is 0.00990. The number of rotatable bonds is 3. The van der Waals surface area contributed by atoms with Crippen molar-refractivity contribution in [3.63, 3.8) is 0 Å². The summed E-state index contributed by atoms with van der Waals surface area (Å²) in [6, 6.07) is 2.12. The van der Waals surface area contributed by atoms with Crippen molar-refractivity contribution in [2.24, 2.45) is 10.9 Å². The molecule has 0 bridgehead atoms. The third-order valence-electron chi connectivity index (χ3n) is 3.45. The van der Waals surface area contributed by atoms with Crippen LogP contribution >= 0.6 is 0 Å². The molecule has 6 heteroatoms. The van der Waals surface area contributed by atoms with E-state index >= 15 is 0 Å². The van der Waals surface area contributed by atoms with Gasteiger partial charge in [0, 0.05) is 19.3 Å². The lowest BCUT2D eigenvalue weighted by Gasteiger charge is -2.31. The number of nitrogens with zero attached hydrogens (tertiary/aromatic N) is 4. The van der Waals surface area contributed by atoms with E-state index in [0.29, 0.717) is 17.7 Å². The second kappa shape index (κ2) is 5.66. The molecule has 3 N–H and O–H groups in total. The Labute approximate surface area is 107 Å². The summed E-state index contributed by atoms with van der Waals surface area (Å²) >= 11 is 0. The van der Waals surface area contributed by atoms with Crippen LogP contribution in [0.25, 0.3) is 0 Å². The number of hydrogen-bond donors (Lipinski definition) is 2. The molecule has 0 aliphatic heterocycles. The predicted molar refractivity (Wildman–Crippen MR) is 69.8 cm³/mol. The summed E-state index contributed by atoms with van der Waals surface area (Å²) in [6.07, 6.45) is 7.82. The van der Waals surface area contributed by atoms with Crippen molar-refractivity contribution >= 4 is 11.8 Å². The smallest absolute Gasteiger partial charge is 0.225 e. The highest BCUT2D eigenvalue weighted by molar-refractivity contribution is 5.95. The molecule has 1 aromatic rings. The van der Waals surface area contributed by atoms with E-state index in [0.717, 1.165) is 0 Å². The van der Waals surface area contributed by atoms with Gasteiger partial charge >= 0.3 is 0 Å². The van der Waals surface area contributed by atoms with E-state index in [-0.39, 0.29) is 5.84 Å². The van der Waals surface area contributed by atoms with Gasteiger partial charge in [-0.3, -0.25) is 0 Å². The zero-order chi connectivity index (χ0) is 13.0. The summed E-state index contributed by atoms with van der Waals surface area (Å²) in [4.78, 5) is 10.7. The van der Waals surface area contributed by atoms with E-state index in [4.69, 9.17) is 10.9 Å². The number of oxime groups is 1. The van der Waals surface area contributed by atoms with E-state index in [1.165, 1.54) is 32.1 Å². The summed E-state index contributed by atoms with van der Waals surface area (Å²) in [6.45, 7) is 0. The molecule has 1 aliphatic carbocycles.